The van der Waals surface area contributed by atoms with Crippen molar-refractivity contribution in [1.29, 1.82) is 0 Å². The molecule has 0 bridgehead atoms. The second-order valence-electron chi connectivity index (χ2n) is 2.99. The van der Waals surface area contributed by atoms with Gasteiger partial charge >= 0.3 is 0 Å². The van der Waals surface area contributed by atoms with Crippen LogP contribution in [0, 0.1) is 0 Å². The van der Waals surface area contributed by atoms with E-state index >= 15 is 0 Å². The van der Waals surface area contributed by atoms with Crippen LogP contribution in [0.25, 0.3) is 0 Å². The molecule has 0 N–H and O–H groups in total. The van der Waals surface area contributed by atoms with Crippen LogP contribution in [0.5, 0.6) is 0 Å². The molecule has 1 rings (SSSR count). The van der Waals surface area contributed by atoms with Gasteiger partial charge in [0.1, 0.15) is 4.32 Å². The van der Waals surface area contributed by atoms with Crippen molar-refractivity contribution >= 4 is 39.9 Å². The van der Waals surface area contributed by atoms with Crippen molar-refractivity contribution < 1.29 is 0 Å². The molecule has 0 aromatic heterocycles. The molecule has 0 atom stereocenters. The zero-order valence-corrected chi connectivity index (χ0v) is 11.3. The highest BCUT2D eigenvalue weighted by Crippen LogP contribution is 2.23. The Morgan fingerprint density at radius 3 is 2.27 bits per heavy atom. The first-order chi connectivity index (χ1) is 7.17. The van der Waals surface area contributed by atoms with Crippen LogP contribution in [-0.2, 0) is 0 Å². The van der Waals surface area contributed by atoms with E-state index in [4.69, 9.17) is 23.8 Å². The maximum Gasteiger partial charge on any atom is 0.141 e. The Kier molecular flexibility index (Phi) is 5.43. The van der Waals surface area contributed by atoms with Gasteiger partial charge in [-0.25, -0.2) is 0 Å². The lowest BCUT2D eigenvalue weighted by Gasteiger charge is -2.20. The summed E-state index contributed by atoms with van der Waals surface area (Å²) in [5.41, 5.74) is 0. The van der Waals surface area contributed by atoms with Crippen LogP contribution >= 0.6 is 35.6 Å². The minimum absolute atomic E-state index is 0.758. The predicted octanol–water partition coefficient (Wildman–Crippen LogP) is 4.06. The van der Waals surface area contributed by atoms with Gasteiger partial charge in [-0.15, -0.1) is 0 Å². The van der Waals surface area contributed by atoms with Crippen molar-refractivity contribution in [3.63, 3.8) is 0 Å². The molecule has 0 amide bonds. The van der Waals surface area contributed by atoms with Crippen molar-refractivity contribution in [2.24, 2.45) is 0 Å². The normalized spacial score (nSPS) is 10.1. The Bertz CT molecular complexity index is 320. The van der Waals surface area contributed by atoms with Crippen molar-refractivity contribution in [2.45, 2.75) is 18.7 Å². The number of nitrogens with zero attached hydrogens (tertiary/aromatic N) is 1. The molecule has 15 heavy (non-hydrogen) atoms. The molecule has 0 aliphatic rings. The summed E-state index contributed by atoms with van der Waals surface area (Å²) in [5, 5.41) is 0.758. The molecule has 0 spiro atoms. The lowest BCUT2D eigenvalue weighted by atomic mass is 10.4. The SMILES string of the molecule is CCN(CC)C(=S)Sc1ccc(Cl)cc1. The molecule has 0 heterocycles. The minimum Gasteiger partial charge on any atom is -0.358 e. The third-order valence-electron chi connectivity index (χ3n) is 2.04. The predicted molar refractivity (Wildman–Crippen MR) is 72.8 cm³/mol. The molecule has 0 aliphatic heterocycles. The minimum atomic E-state index is 0.758. The highest BCUT2D eigenvalue weighted by Gasteiger charge is 2.06. The number of thioether (sulfide) groups is 1. The third-order valence-corrected chi connectivity index (χ3v) is 3.74. The Morgan fingerprint density at radius 1 is 1.27 bits per heavy atom. The van der Waals surface area contributed by atoms with Gasteiger partial charge in [0, 0.05) is 23.0 Å². The highest BCUT2D eigenvalue weighted by molar-refractivity contribution is 8.22. The molecule has 0 fully saturated rings. The van der Waals surface area contributed by atoms with E-state index in [1.54, 1.807) is 11.8 Å². The number of hydrogen-bond acceptors (Lipinski definition) is 2. The monoisotopic (exact) mass is 259 g/mol. The lowest BCUT2D eigenvalue weighted by Crippen LogP contribution is -2.26. The number of hydrogen-bond donors (Lipinski definition) is 0. The molecule has 1 aromatic rings. The van der Waals surface area contributed by atoms with E-state index in [0.717, 1.165) is 27.3 Å². The van der Waals surface area contributed by atoms with E-state index in [9.17, 15) is 0 Å². The van der Waals surface area contributed by atoms with Crippen LogP contribution in [0.2, 0.25) is 5.02 Å². The van der Waals surface area contributed by atoms with Gasteiger partial charge in [0.15, 0.2) is 0 Å². The average molecular weight is 260 g/mol. The molecule has 0 unspecified atom stereocenters. The Labute approximate surface area is 106 Å². The van der Waals surface area contributed by atoms with E-state index in [2.05, 4.69) is 18.7 Å². The molecule has 0 aliphatic carbocycles. The fraction of sp³-hybridized carbons (Fsp3) is 0.364. The summed E-state index contributed by atoms with van der Waals surface area (Å²) in [5.74, 6) is 0. The molecular weight excluding hydrogens is 246 g/mol. The van der Waals surface area contributed by atoms with Crippen molar-refractivity contribution in [2.75, 3.05) is 13.1 Å². The number of rotatable bonds is 3. The Morgan fingerprint density at radius 2 is 1.80 bits per heavy atom. The van der Waals surface area contributed by atoms with E-state index < -0.39 is 0 Å². The van der Waals surface area contributed by atoms with Gasteiger partial charge in [-0.1, -0.05) is 35.6 Å². The molecular formula is C11H14ClNS2. The van der Waals surface area contributed by atoms with Crippen LogP contribution in [0.1, 0.15) is 13.8 Å². The highest BCUT2D eigenvalue weighted by atomic mass is 35.5. The van der Waals surface area contributed by atoms with E-state index in [0.29, 0.717) is 0 Å². The molecule has 1 aromatic carbocycles. The second-order valence-corrected chi connectivity index (χ2v) is 5.14. The summed E-state index contributed by atoms with van der Waals surface area (Å²) in [7, 11) is 0. The van der Waals surface area contributed by atoms with E-state index in [1.165, 1.54) is 0 Å². The smallest absolute Gasteiger partial charge is 0.141 e. The standard InChI is InChI=1S/C11H14ClNS2/c1-3-13(4-2)11(14)15-10-7-5-9(12)6-8-10/h5-8H,3-4H2,1-2H3. The summed E-state index contributed by atoms with van der Waals surface area (Å²) in [6.45, 7) is 6.13. The van der Waals surface area contributed by atoms with Gasteiger partial charge in [0.2, 0.25) is 0 Å². The molecule has 82 valence electrons. The Balaban J connectivity index is 2.61. The van der Waals surface area contributed by atoms with Gasteiger partial charge in [-0.2, -0.15) is 0 Å². The fourth-order valence-electron chi connectivity index (χ4n) is 1.15. The number of thiocarbonyl (C=S) groups is 1. The molecule has 0 saturated carbocycles. The van der Waals surface area contributed by atoms with Crippen LogP contribution in [0.15, 0.2) is 29.2 Å². The summed E-state index contributed by atoms with van der Waals surface area (Å²) >= 11 is 12.8. The number of benzene rings is 1. The van der Waals surface area contributed by atoms with Crippen LogP contribution < -0.4 is 0 Å². The molecule has 0 radical (unpaired) electrons. The number of halogens is 1. The van der Waals surface area contributed by atoms with E-state index in [-0.39, 0.29) is 0 Å². The zero-order chi connectivity index (χ0) is 11.3. The first-order valence-electron chi connectivity index (χ1n) is 4.89. The van der Waals surface area contributed by atoms with Gasteiger partial charge in [-0.3, -0.25) is 0 Å². The van der Waals surface area contributed by atoms with Gasteiger partial charge in [0.25, 0.3) is 0 Å². The molecule has 0 saturated heterocycles. The third kappa shape index (κ3) is 4.01. The van der Waals surface area contributed by atoms with Crippen molar-refractivity contribution in [1.82, 2.24) is 4.90 Å². The fourth-order valence-corrected chi connectivity index (χ4v) is 2.68. The Hall–Kier alpha value is -0.250. The van der Waals surface area contributed by atoms with Gasteiger partial charge in [-0.05, 0) is 38.1 Å². The van der Waals surface area contributed by atoms with Crippen molar-refractivity contribution in [3.05, 3.63) is 29.3 Å². The first-order valence-corrected chi connectivity index (χ1v) is 6.50. The second kappa shape index (κ2) is 6.36. The summed E-state index contributed by atoms with van der Waals surface area (Å²) in [4.78, 5) is 3.30. The van der Waals surface area contributed by atoms with E-state index in [1.807, 2.05) is 24.3 Å². The summed E-state index contributed by atoms with van der Waals surface area (Å²) in [6.07, 6.45) is 0. The lowest BCUT2D eigenvalue weighted by molar-refractivity contribution is 0.482. The maximum atomic E-state index is 5.81. The largest absolute Gasteiger partial charge is 0.358 e. The first kappa shape index (κ1) is 12.8. The van der Waals surface area contributed by atoms with Crippen molar-refractivity contribution in [3.8, 4) is 0 Å². The maximum absolute atomic E-state index is 5.81. The molecule has 4 heteroatoms. The van der Waals surface area contributed by atoms with Crippen LogP contribution in [0.4, 0.5) is 0 Å². The van der Waals surface area contributed by atoms with Gasteiger partial charge < -0.3 is 4.90 Å². The summed E-state index contributed by atoms with van der Waals surface area (Å²) < 4.78 is 0.919. The van der Waals surface area contributed by atoms with Crippen LogP contribution in [-0.4, -0.2) is 22.3 Å². The zero-order valence-electron chi connectivity index (χ0n) is 8.87. The average Bonchev–Trinajstić information content (AvgIpc) is 2.23. The van der Waals surface area contributed by atoms with Gasteiger partial charge in [0.05, 0.1) is 0 Å². The summed E-state index contributed by atoms with van der Waals surface area (Å²) in [6, 6.07) is 7.75. The molecule has 1 nitrogen and oxygen atoms in total. The van der Waals surface area contributed by atoms with Crippen LogP contribution in [0.3, 0.4) is 0 Å². The topological polar surface area (TPSA) is 3.24 Å². The quantitative estimate of drug-likeness (QED) is 0.595.